The minimum Gasteiger partial charge on any atom is -0.457 e. The molecule has 1 heterocycles. The first-order valence-corrected chi connectivity index (χ1v) is 8.82. The lowest BCUT2D eigenvalue weighted by Crippen LogP contribution is -2.15. The van der Waals surface area contributed by atoms with Crippen LogP contribution in [0.25, 0.3) is 0 Å². The summed E-state index contributed by atoms with van der Waals surface area (Å²) in [5, 5.41) is 28.2. The molecular weight excluding hydrogens is 394 g/mol. The first kappa shape index (κ1) is 20.5. The van der Waals surface area contributed by atoms with Crippen LogP contribution in [0.3, 0.4) is 0 Å². The molecule has 0 atom stereocenters. The number of aromatic nitrogens is 2. The van der Waals surface area contributed by atoms with Gasteiger partial charge in [0.25, 0.3) is 5.69 Å². The highest BCUT2D eigenvalue weighted by atomic mass is 16.6. The minimum atomic E-state index is -0.630. The number of ether oxygens (including phenoxy) is 1. The average molecular weight is 411 g/mol. The second-order valence-electron chi connectivity index (χ2n) is 6.38. The number of nitro groups is 2. The van der Waals surface area contributed by atoms with Crippen LogP contribution in [0.5, 0.6) is 11.5 Å². The molecule has 0 saturated carbocycles. The molecule has 0 radical (unpaired) electrons. The lowest BCUT2D eigenvalue weighted by molar-refractivity contribution is -0.389. The van der Waals surface area contributed by atoms with Gasteiger partial charge in [0, 0.05) is 18.6 Å². The summed E-state index contributed by atoms with van der Waals surface area (Å²) in [4.78, 5) is 32.9. The quantitative estimate of drug-likeness (QED) is 0.438. The van der Waals surface area contributed by atoms with Gasteiger partial charge >= 0.3 is 5.82 Å². The Bertz CT molecular complexity index is 1110. The van der Waals surface area contributed by atoms with E-state index >= 15 is 0 Å². The number of carbonyl (C=O) groups excluding carboxylic acids is 1. The van der Waals surface area contributed by atoms with Crippen molar-refractivity contribution in [1.29, 1.82) is 0 Å². The Balaban J connectivity index is 1.70. The summed E-state index contributed by atoms with van der Waals surface area (Å²) in [6.07, 6.45) is 1.36. The topological polar surface area (TPSA) is 142 Å². The Morgan fingerprint density at radius 3 is 2.57 bits per heavy atom. The number of non-ortho nitro benzene ring substituents is 1. The molecule has 0 aliphatic heterocycles. The van der Waals surface area contributed by atoms with Crippen LogP contribution in [0.4, 0.5) is 17.2 Å². The van der Waals surface area contributed by atoms with Crippen molar-refractivity contribution >= 4 is 23.1 Å². The summed E-state index contributed by atoms with van der Waals surface area (Å²) in [7, 11) is 0. The Morgan fingerprint density at radius 2 is 1.90 bits per heavy atom. The van der Waals surface area contributed by atoms with Crippen LogP contribution in [0, 0.1) is 27.2 Å². The molecule has 0 aliphatic rings. The van der Waals surface area contributed by atoms with Crippen molar-refractivity contribution in [2.75, 3.05) is 5.32 Å². The van der Waals surface area contributed by atoms with E-state index in [0.717, 1.165) is 5.56 Å². The Hall–Kier alpha value is -4.28. The molecule has 1 N–H and O–H groups in total. The number of rotatable bonds is 8. The lowest BCUT2D eigenvalue weighted by atomic mass is 10.2. The molecule has 1 amide bonds. The molecule has 0 fully saturated rings. The highest BCUT2D eigenvalue weighted by Gasteiger charge is 2.15. The molecule has 1 aromatic heterocycles. The summed E-state index contributed by atoms with van der Waals surface area (Å²) < 4.78 is 6.97. The van der Waals surface area contributed by atoms with E-state index in [1.807, 2.05) is 13.0 Å². The first-order chi connectivity index (χ1) is 14.3. The van der Waals surface area contributed by atoms with Crippen LogP contribution in [-0.4, -0.2) is 25.5 Å². The predicted octanol–water partition coefficient (Wildman–Crippen LogP) is 3.83. The third-order valence-electron chi connectivity index (χ3n) is 3.99. The van der Waals surface area contributed by atoms with Gasteiger partial charge in [-0.3, -0.25) is 14.9 Å². The molecule has 0 unspecified atom stereocenters. The third kappa shape index (κ3) is 5.38. The van der Waals surface area contributed by atoms with Crippen molar-refractivity contribution < 1.29 is 19.4 Å². The van der Waals surface area contributed by atoms with Crippen LogP contribution >= 0.6 is 0 Å². The van der Waals surface area contributed by atoms with Crippen LogP contribution < -0.4 is 10.1 Å². The van der Waals surface area contributed by atoms with Gasteiger partial charge in [-0.05, 0) is 29.5 Å². The molecule has 11 nitrogen and oxygen atoms in total. The zero-order valence-electron chi connectivity index (χ0n) is 15.8. The molecule has 154 valence electrons. The van der Waals surface area contributed by atoms with Crippen molar-refractivity contribution in [2.45, 2.75) is 19.9 Å². The fraction of sp³-hybridized carbons (Fsp3) is 0.158. The molecule has 3 rings (SSSR count). The van der Waals surface area contributed by atoms with Gasteiger partial charge in [-0.15, -0.1) is 0 Å². The van der Waals surface area contributed by atoms with E-state index in [4.69, 9.17) is 4.74 Å². The molecule has 11 heteroatoms. The summed E-state index contributed by atoms with van der Waals surface area (Å²) in [6, 6.07) is 12.4. The molecule has 0 saturated heterocycles. The number of aryl methyl sites for hydroxylation is 2. The number of nitro benzene ring substituents is 1. The first-order valence-electron chi connectivity index (χ1n) is 8.82. The number of nitrogens with zero attached hydrogens (tertiary/aromatic N) is 4. The summed E-state index contributed by atoms with van der Waals surface area (Å²) >= 11 is 0. The molecule has 30 heavy (non-hydrogen) atoms. The van der Waals surface area contributed by atoms with Crippen molar-refractivity contribution in [1.82, 2.24) is 9.78 Å². The molecule has 0 aliphatic carbocycles. The zero-order valence-corrected chi connectivity index (χ0v) is 15.8. The van der Waals surface area contributed by atoms with Crippen molar-refractivity contribution in [3.63, 3.8) is 0 Å². The fourth-order valence-corrected chi connectivity index (χ4v) is 2.65. The minimum absolute atomic E-state index is 0.0321. The number of benzene rings is 2. The van der Waals surface area contributed by atoms with Gasteiger partial charge < -0.3 is 20.2 Å². The zero-order chi connectivity index (χ0) is 21.7. The van der Waals surface area contributed by atoms with Gasteiger partial charge in [0.15, 0.2) is 0 Å². The van der Waals surface area contributed by atoms with Crippen molar-refractivity contribution in [2.24, 2.45) is 0 Å². The Kier molecular flexibility index (Phi) is 6.01. The van der Waals surface area contributed by atoms with Crippen LogP contribution in [-0.2, 0) is 11.3 Å². The SMILES string of the molecule is Cc1cccc(Oc2cc(NC(=O)CCn3ccc([N+](=O)[O-])n3)cc([N+](=O)[O-])c2)c1. The Labute approximate surface area is 170 Å². The maximum absolute atomic E-state index is 12.2. The van der Waals surface area contributed by atoms with Gasteiger partial charge in [0.1, 0.15) is 11.5 Å². The van der Waals surface area contributed by atoms with E-state index in [1.165, 1.54) is 35.1 Å². The second kappa shape index (κ2) is 8.82. The number of hydrogen-bond acceptors (Lipinski definition) is 7. The smallest absolute Gasteiger partial charge is 0.389 e. The van der Waals surface area contributed by atoms with Crippen LogP contribution in [0.1, 0.15) is 12.0 Å². The van der Waals surface area contributed by atoms with Gasteiger partial charge in [-0.1, -0.05) is 12.1 Å². The van der Waals surface area contributed by atoms with Crippen LogP contribution in [0.15, 0.2) is 54.7 Å². The van der Waals surface area contributed by atoms with E-state index in [9.17, 15) is 25.0 Å². The van der Waals surface area contributed by atoms with Gasteiger partial charge in [0.2, 0.25) is 5.91 Å². The molecule has 2 aromatic carbocycles. The summed E-state index contributed by atoms with van der Waals surface area (Å²) in [5.41, 5.74) is 0.923. The summed E-state index contributed by atoms with van der Waals surface area (Å²) in [5.74, 6) is -0.0389. The fourth-order valence-electron chi connectivity index (χ4n) is 2.65. The highest BCUT2D eigenvalue weighted by Crippen LogP contribution is 2.30. The van der Waals surface area contributed by atoms with Gasteiger partial charge in [-0.2, -0.15) is 4.68 Å². The number of anilines is 1. The second-order valence-corrected chi connectivity index (χ2v) is 6.38. The van der Waals surface area contributed by atoms with Crippen LogP contribution in [0.2, 0.25) is 0 Å². The van der Waals surface area contributed by atoms with E-state index in [2.05, 4.69) is 10.4 Å². The average Bonchev–Trinajstić information content (AvgIpc) is 3.15. The summed E-state index contributed by atoms with van der Waals surface area (Å²) in [6.45, 7) is 2.00. The molecule has 0 bridgehead atoms. The van der Waals surface area contributed by atoms with Gasteiger partial charge in [0.05, 0.1) is 40.6 Å². The monoisotopic (exact) mass is 411 g/mol. The van der Waals surface area contributed by atoms with Crippen molar-refractivity contribution in [3.8, 4) is 11.5 Å². The van der Waals surface area contributed by atoms with E-state index in [1.54, 1.807) is 18.2 Å². The van der Waals surface area contributed by atoms with Gasteiger partial charge in [-0.25, -0.2) is 0 Å². The largest absolute Gasteiger partial charge is 0.457 e. The number of carbonyl (C=O) groups is 1. The molecule has 3 aromatic rings. The maximum Gasteiger partial charge on any atom is 0.389 e. The molecule has 0 spiro atoms. The highest BCUT2D eigenvalue weighted by molar-refractivity contribution is 5.91. The molecular formula is C19H17N5O6. The Morgan fingerprint density at radius 1 is 1.10 bits per heavy atom. The third-order valence-corrected chi connectivity index (χ3v) is 3.99. The lowest BCUT2D eigenvalue weighted by Gasteiger charge is -2.10. The van der Waals surface area contributed by atoms with Crippen molar-refractivity contribution in [3.05, 3.63) is 80.5 Å². The van der Waals surface area contributed by atoms with E-state index in [0.29, 0.717) is 5.75 Å². The predicted molar refractivity (Wildman–Crippen MR) is 106 cm³/mol. The van der Waals surface area contributed by atoms with E-state index < -0.39 is 15.8 Å². The van der Waals surface area contributed by atoms with E-state index in [-0.39, 0.29) is 35.9 Å². The number of hydrogen-bond donors (Lipinski definition) is 1. The number of nitrogens with one attached hydrogen (secondary N) is 1. The maximum atomic E-state index is 12.2. The standard InChI is InChI=1S/C19H17N5O6/c1-13-3-2-4-16(9-13)30-17-11-14(10-15(12-17)23(26)27)20-19(25)6-8-22-7-5-18(21-22)24(28)29/h2-5,7,9-12H,6,8H2,1H3,(H,20,25). The normalized spacial score (nSPS) is 10.4. The number of amides is 1.